The molecule has 0 nitrogen and oxygen atoms in total. The normalized spacial score (nSPS) is 16.2. The summed E-state index contributed by atoms with van der Waals surface area (Å²) in [6.07, 6.45) is 6.11. The van der Waals surface area contributed by atoms with E-state index >= 15 is 0 Å². The Hall–Kier alpha value is -2.31. The van der Waals surface area contributed by atoms with E-state index in [0.717, 1.165) is 6.42 Å². The Morgan fingerprint density at radius 1 is 0.612 bits per heavy atom. The summed E-state index contributed by atoms with van der Waals surface area (Å²) in [6.45, 7) is 28.0. The fourth-order valence-corrected chi connectivity index (χ4v) is 24.7. The molecule has 260 valence electrons. The average Bonchev–Trinajstić information content (AvgIpc) is 3.57. The molecule has 0 bridgehead atoms. The molecule has 0 fully saturated rings. The van der Waals surface area contributed by atoms with Gasteiger partial charge in [-0.15, -0.1) is 24.8 Å². The second kappa shape index (κ2) is 13.0. The van der Waals surface area contributed by atoms with Crippen molar-refractivity contribution in [1.82, 2.24) is 0 Å². The molecule has 1 atom stereocenters. The SMILES string of the molecule is Cl.Cl.[CH2]=[Zr]([C]1=CC(C(C)(C)C)=CC1C)([c]1ccc(C)cc1)([c]1ccc(C)cc1)[c]1cc(C(C)(C)C)cc2c1Cc1ccc(C(C)(C)C)cc1-2. The molecular weight excluding hydrogens is 715 g/mol. The predicted molar refractivity (Wildman–Crippen MR) is 220 cm³/mol. The number of aryl methyl sites for hydroxylation is 2. The molecule has 0 aromatic heterocycles. The molecule has 3 heteroatoms. The van der Waals surface area contributed by atoms with Crippen LogP contribution < -0.4 is 9.81 Å². The van der Waals surface area contributed by atoms with Crippen LogP contribution in [0.2, 0.25) is 0 Å². The van der Waals surface area contributed by atoms with Gasteiger partial charge < -0.3 is 0 Å². The molecule has 0 spiro atoms. The van der Waals surface area contributed by atoms with Crippen LogP contribution in [0.25, 0.3) is 11.1 Å². The molecule has 0 aliphatic heterocycles. The number of halogens is 2. The van der Waals surface area contributed by atoms with Crippen molar-refractivity contribution in [3.05, 3.63) is 133 Å². The van der Waals surface area contributed by atoms with Crippen molar-refractivity contribution in [3.63, 3.8) is 0 Å². The van der Waals surface area contributed by atoms with Gasteiger partial charge in [0.15, 0.2) is 0 Å². The number of allylic oxidation sites excluding steroid dienone is 4. The van der Waals surface area contributed by atoms with E-state index in [1.807, 2.05) is 0 Å². The van der Waals surface area contributed by atoms with Crippen LogP contribution in [-0.4, -0.2) is 4.21 Å². The Labute approximate surface area is 311 Å². The van der Waals surface area contributed by atoms with Crippen molar-refractivity contribution in [2.45, 2.75) is 100 Å². The summed E-state index contributed by atoms with van der Waals surface area (Å²) in [4.78, 5) is 0. The number of benzene rings is 4. The molecule has 0 saturated carbocycles. The first-order valence-electron chi connectivity index (χ1n) is 17.7. The van der Waals surface area contributed by atoms with Gasteiger partial charge in [-0.1, -0.05) is 0 Å². The van der Waals surface area contributed by atoms with Crippen molar-refractivity contribution in [2.24, 2.45) is 11.3 Å². The number of hydrogen-bond donors (Lipinski definition) is 0. The van der Waals surface area contributed by atoms with Crippen LogP contribution in [0, 0.1) is 25.2 Å². The van der Waals surface area contributed by atoms with E-state index in [1.165, 1.54) is 59.9 Å². The second-order valence-electron chi connectivity index (χ2n) is 18.0. The Balaban J connectivity index is 0.00000270. The molecule has 4 aromatic rings. The van der Waals surface area contributed by atoms with Crippen LogP contribution in [0.5, 0.6) is 0 Å². The molecule has 6 rings (SSSR count). The summed E-state index contributed by atoms with van der Waals surface area (Å²) in [6, 6.07) is 31.6. The van der Waals surface area contributed by atoms with Crippen LogP contribution in [0.4, 0.5) is 0 Å². The zero-order chi connectivity index (χ0) is 34.3. The van der Waals surface area contributed by atoms with E-state index in [-0.39, 0.29) is 41.1 Å². The summed E-state index contributed by atoms with van der Waals surface area (Å²) in [5.74, 6) is 0.292. The first kappa shape index (κ1) is 39.5. The second-order valence-corrected chi connectivity index (χ2v) is 30.8. The maximum absolute atomic E-state index is 5.85. The fraction of sp³-hybridized carbons (Fsp3) is 0.370. The van der Waals surface area contributed by atoms with Gasteiger partial charge in [0.05, 0.1) is 0 Å². The van der Waals surface area contributed by atoms with Gasteiger partial charge in [-0.25, -0.2) is 0 Å². The van der Waals surface area contributed by atoms with E-state index in [0.29, 0.717) is 5.92 Å². The Kier molecular flexibility index (Phi) is 10.5. The number of fused-ring (bicyclic) bond motifs is 3. The molecule has 1 unspecified atom stereocenters. The molecule has 0 N–H and O–H groups in total. The molecule has 2 aliphatic rings. The van der Waals surface area contributed by atoms with Crippen molar-refractivity contribution < 1.29 is 18.3 Å². The summed E-state index contributed by atoms with van der Waals surface area (Å²) in [7, 11) is 0. The summed E-state index contributed by atoms with van der Waals surface area (Å²) in [5.41, 5.74) is 12.7. The Morgan fingerprint density at radius 2 is 1.10 bits per heavy atom. The molecular formula is C46H58Cl2Zr. The zero-order valence-corrected chi connectivity index (χ0v) is 36.1. The van der Waals surface area contributed by atoms with Crippen LogP contribution in [0.15, 0.2) is 99.9 Å². The van der Waals surface area contributed by atoms with Crippen LogP contribution in [0.3, 0.4) is 0 Å². The molecule has 2 aliphatic carbocycles. The Morgan fingerprint density at radius 3 is 1.55 bits per heavy atom. The Bertz CT molecular complexity index is 1970. The van der Waals surface area contributed by atoms with Crippen molar-refractivity contribution in [3.8, 4) is 11.1 Å². The van der Waals surface area contributed by atoms with Gasteiger partial charge in [0, 0.05) is 0 Å². The molecule has 0 amide bonds. The van der Waals surface area contributed by atoms with E-state index in [1.54, 1.807) is 3.28 Å². The third kappa shape index (κ3) is 6.41. The molecule has 0 radical (unpaired) electrons. The van der Waals surface area contributed by atoms with Crippen LogP contribution in [0.1, 0.15) is 103 Å². The van der Waals surface area contributed by atoms with E-state index in [2.05, 4.69) is 174 Å². The molecule has 0 saturated heterocycles. The third-order valence-corrected chi connectivity index (χ3v) is 28.0. The molecule has 4 aromatic carbocycles. The summed E-state index contributed by atoms with van der Waals surface area (Å²) in [5, 5.41) is 0. The van der Waals surface area contributed by atoms with E-state index < -0.39 is 18.3 Å². The first-order chi connectivity index (χ1) is 21.7. The van der Waals surface area contributed by atoms with Gasteiger partial charge in [-0.3, -0.25) is 0 Å². The standard InChI is InChI=1S/C21H25.C10H15.2C7H7.CH2.2ClH.Zr/c1-20(2,3)16-9-7-14-11-15-8-10-17(21(4,5)6)13-19(15)18(14)12-16;1-8-5-6-9(7-8)10(2,3)4;2*1-7-5-3-2-4-6-7;;;;/h7,9-10,12-13H,11H2,1-6H3;6-8H,1-4H3;2*3-6H,1H3;1H2;2*1H;. The van der Waals surface area contributed by atoms with Gasteiger partial charge in [-0.2, -0.15) is 0 Å². The number of hydrogen-bond acceptors (Lipinski definition) is 0. The van der Waals surface area contributed by atoms with E-state index in [9.17, 15) is 0 Å². The van der Waals surface area contributed by atoms with Crippen LogP contribution >= 0.6 is 24.8 Å². The van der Waals surface area contributed by atoms with Gasteiger partial charge in [-0.05, 0) is 0 Å². The van der Waals surface area contributed by atoms with Crippen LogP contribution in [-0.2, 0) is 35.5 Å². The van der Waals surface area contributed by atoms with Gasteiger partial charge in [0.1, 0.15) is 0 Å². The average molecular weight is 773 g/mol. The third-order valence-electron chi connectivity index (χ3n) is 11.5. The van der Waals surface area contributed by atoms with Gasteiger partial charge in [0.2, 0.25) is 0 Å². The van der Waals surface area contributed by atoms with Crippen molar-refractivity contribution >= 4 is 38.8 Å². The first-order valence-corrected chi connectivity index (χ1v) is 24.3. The fourth-order valence-electron chi connectivity index (χ4n) is 8.31. The summed E-state index contributed by atoms with van der Waals surface area (Å²) < 4.78 is 11.8. The van der Waals surface area contributed by atoms with Crippen molar-refractivity contribution in [1.29, 1.82) is 0 Å². The van der Waals surface area contributed by atoms with Gasteiger partial charge >= 0.3 is 288 Å². The summed E-state index contributed by atoms with van der Waals surface area (Å²) >= 11 is -4.96. The predicted octanol–water partition coefficient (Wildman–Crippen LogP) is 11.2. The quantitative estimate of drug-likeness (QED) is 0.171. The number of rotatable bonds is 4. The minimum atomic E-state index is -4.96. The van der Waals surface area contributed by atoms with Gasteiger partial charge in [0.25, 0.3) is 0 Å². The van der Waals surface area contributed by atoms with E-state index in [4.69, 9.17) is 4.21 Å². The monoisotopic (exact) mass is 770 g/mol. The minimum absolute atomic E-state index is 0. The molecule has 0 heterocycles. The topological polar surface area (TPSA) is 0 Å². The zero-order valence-electron chi connectivity index (χ0n) is 32.0. The maximum atomic E-state index is 5.85. The molecule has 49 heavy (non-hydrogen) atoms. The van der Waals surface area contributed by atoms with Crippen molar-refractivity contribution in [2.75, 3.05) is 0 Å².